The number of ether oxygens (including phenoxy) is 2. The van der Waals surface area contributed by atoms with Crippen molar-refractivity contribution in [3.8, 4) is 11.5 Å². The number of hydrogen-bond acceptors (Lipinski definition) is 4. The Morgan fingerprint density at radius 3 is 2.33 bits per heavy atom. The van der Waals surface area contributed by atoms with Crippen LogP contribution in [0.25, 0.3) is 0 Å². The molecule has 8 heteroatoms. The standard InChI is InChI=1S/C19H20F2N2O4/c1-12(24)23(14-5-7-17(26-2)18(11-14)27-3)9-8-19(25)22-16-6-4-13(20)10-15(16)21/h4-7,10-11H,8-9H2,1-3H3,(H,22,25). The Labute approximate surface area is 155 Å². The molecule has 0 aromatic heterocycles. The first-order valence-corrected chi connectivity index (χ1v) is 8.10. The summed E-state index contributed by atoms with van der Waals surface area (Å²) >= 11 is 0. The van der Waals surface area contributed by atoms with Gasteiger partial charge in [0.1, 0.15) is 11.6 Å². The minimum absolute atomic E-state index is 0.0689. The van der Waals surface area contributed by atoms with Crippen LogP contribution in [0, 0.1) is 11.6 Å². The monoisotopic (exact) mass is 378 g/mol. The predicted octanol–water partition coefficient (Wildman–Crippen LogP) is 3.36. The summed E-state index contributed by atoms with van der Waals surface area (Å²) in [6.07, 6.45) is -0.0786. The average molecular weight is 378 g/mol. The quantitative estimate of drug-likeness (QED) is 0.802. The highest BCUT2D eigenvalue weighted by Gasteiger charge is 2.16. The average Bonchev–Trinajstić information content (AvgIpc) is 2.63. The molecule has 6 nitrogen and oxygen atoms in total. The minimum atomic E-state index is -0.869. The maximum atomic E-state index is 13.6. The molecule has 2 amide bonds. The molecule has 27 heavy (non-hydrogen) atoms. The molecule has 0 unspecified atom stereocenters. The molecule has 2 rings (SSSR count). The maximum absolute atomic E-state index is 13.6. The molecular weight excluding hydrogens is 358 g/mol. The lowest BCUT2D eigenvalue weighted by molar-refractivity contribution is -0.117. The lowest BCUT2D eigenvalue weighted by atomic mass is 10.2. The molecule has 0 saturated heterocycles. The third kappa shape index (κ3) is 5.16. The van der Waals surface area contributed by atoms with Gasteiger partial charge in [0.25, 0.3) is 0 Å². The van der Waals surface area contributed by atoms with Crippen LogP contribution in [0.15, 0.2) is 36.4 Å². The van der Waals surface area contributed by atoms with Crippen molar-refractivity contribution in [1.82, 2.24) is 0 Å². The molecule has 144 valence electrons. The van der Waals surface area contributed by atoms with E-state index in [1.807, 2.05) is 0 Å². The zero-order valence-electron chi connectivity index (χ0n) is 15.2. The Balaban J connectivity index is 2.08. The summed E-state index contributed by atoms with van der Waals surface area (Å²) in [6, 6.07) is 7.81. The number of rotatable bonds is 7. The van der Waals surface area contributed by atoms with Gasteiger partial charge in [-0.15, -0.1) is 0 Å². The molecule has 1 N–H and O–H groups in total. The fraction of sp³-hybridized carbons (Fsp3) is 0.263. The highest BCUT2D eigenvalue weighted by molar-refractivity contribution is 5.95. The predicted molar refractivity (Wildman–Crippen MR) is 97.2 cm³/mol. The van der Waals surface area contributed by atoms with Crippen molar-refractivity contribution in [2.45, 2.75) is 13.3 Å². The minimum Gasteiger partial charge on any atom is -0.493 e. The first-order valence-electron chi connectivity index (χ1n) is 8.10. The van der Waals surface area contributed by atoms with E-state index in [0.29, 0.717) is 23.3 Å². The van der Waals surface area contributed by atoms with Crippen LogP contribution in [-0.4, -0.2) is 32.6 Å². The number of nitrogens with one attached hydrogen (secondary N) is 1. The number of halogens is 2. The summed E-state index contributed by atoms with van der Waals surface area (Å²) in [7, 11) is 2.98. The summed E-state index contributed by atoms with van der Waals surface area (Å²) in [5.74, 6) is -1.43. The summed E-state index contributed by atoms with van der Waals surface area (Å²) in [4.78, 5) is 25.5. The lowest BCUT2D eigenvalue weighted by Gasteiger charge is -2.22. The zero-order valence-corrected chi connectivity index (χ0v) is 15.2. The largest absolute Gasteiger partial charge is 0.493 e. The van der Waals surface area contributed by atoms with E-state index >= 15 is 0 Å². The van der Waals surface area contributed by atoms with Crippen LogP contribution in [0.1, 0.15) is 13.3 Å². The van der Waals surface area contributed by atoms with Gasteiger partial charge in [-0.05, 0) is 24.3 Å². The molecule has 0 aliphatic rings. The van der Waals surface area contributed by atoms with Crippen LogP contribution in [0.2, 0.25) is 0 Å². The van der Waals surface area contributed by atoms with Crippen molar-refractivity contribution in [2.24, 2.45) is 0 Å². The first-order chi connectivity index (χ1) is 12.8. The van der Waals surface area contributed by atoms with Crippen molar-refractivity contribution in [2.75, 3.05) is 31.0 Å². The van der Waals surface area contributed by atoms with E-state index in [1.165, 1.54) is 26.0 Å². The third-order valence-corrected chi connectivity index (χ3v) is 3.83. The van der Waals surface area contributed by atoms with Gasteiger partial charge < -0.3 is 19.7 Å². The second-order valence-corrected chi connectivity index (χ2v) is 5.63. The van der Waals surface area contributed by atoms with E-state index < -0.39 is 17.5 Å². The van der Waals surface area contributed by atoms with Crippen molar-refractivity contribution < 1.29 is 27.8 Å². The topological polar surface area (TPSA) is 67.9 Å². The van der Waals surface area contributed by atoms with Crippen LogP contribution in [0.3, 0.4) is 0 Å². The van der Waals surface area contributed by atoms with E-state index in [9.17, 15) is 18.4 Å². The number of amides is 2. The summed E-state index contributed by atoms with van der Waals surface area (Å²) in [5.41, 5.74) is 0.405. The van der Waals surface area contributed by atoms with Gasteiger partial charge in [0, 0.05) is 37.7 Å². The number of nitrogens with zero attached hydrogens (tertiary/aromatic N) is 1. The molecule has 0 radical (unpaired) electrons. The van der Waals surface area contributed by atoms with Gasteiger partial charge in [0.05, 0.1) is 19.9 Å². The molecule has 0 heterocycles. The molecule has 0 bridgehead atoms. The van der Waals surface area contributed by atoms with Crippen LogP contribution >= 0.6 is 0 Å². The number of anilines is 2. The molecule has 0 aliphatic carbocycles. The normalized spacial score (nSPS) is 10.3. The first kappa shape index (κ1) is 20.2. The molecule has 0 aliphatic heterocycles. The van der Waals surface area contributed by atoms with Gasteiger partial charge in [-0.25, -0.2) is 8.78 Å². The molecular formula is C19H20F2N2O4. The SMILES string of the molecule is COc1ccc(N(CCC(=O)Nc2ccc(F)cc2F)C(C)=O)cc1OC. The highest BCUT2D eigenvalue weighted by Crippen LogP contribution is 2.31. The second-order valence-electron chi connectivity index (χ2n) is 5.63. The number of carbonyl (C=O) groups is 2. The molecule has 0 fully saturated rings. The van der Waals surface area contributed by atoms with Gasteiger partial charge in [-0.3, -0.25) is 9.59 Å². The van der Waals surface area contributed by atoms with Crippen LogP contribution < -0.4 is 19.7 Å². The number of carbonyl (C=O) groups excluding carboxylic acids is 2. The van der Waals surface area contributed by atoms with E-state index in [-0.39, 0.29) is 24.6 Å². The van der Waals surface area contributed by atoms with Gasteiger partial charge in [0.2, 0.25) is 11.8 Å². The van der Waals surface area contributed by atoms with Crippen molar-refractivity contribution >= 4 is 23.2 Å². The smallest absolute Gasteiger partial charge is 0.226 e. The molecule has 2 aromatic carbocycles. The van der Waals surface area contributed by atoms with Crippen molar-refractivity contribution in [3.05, 3.63) is 48.0 Å². The molecule has 0 saturated carbocycles. The molecule has 0 spiro atoms. The van der Waals surface area contributed by atoms with Crippen LogP contribution in [0.4, 0.5) is 20.2 Å². The number of hydrogen-bond donors (Lipinski definition) is 1. The van der Waals surface area contributed by atoms with Crippen LogP contribution in [0.5, 0.6) is 11.5 Å². The number of methoxy groups -OCH3 is 2. The van der Waals surface area contributed by atoms with Crippen molar-refractivity contribution in [3.63, 3.8) is 0 Å². The van der Waals surface area contributed by atoms with E-state index in [2.05, 4.69) is 5.32 Å². The summed E-state index contributed by atoms with van der Waals surface area (Å²) < 4.78 is 36.9. The van der Waals surface area contributed by atoms with Gasteiger partial charge in [0.15, 0.2) is 11.5 Å². The summed E-state index contributed by atoms with van der Waals surface area (Å²) in [6.45, 7) is 1.44. The van der Waals surface area contributed by atoms with E-state index in [4.69, 9.17) is 9.47 Å². The fourth-order valence-electron chi connectivity index (χ4n) is 2.48. The Hall–Kier alpha value is -3.16. The second kappa shape index (κ2) is 8.98. The van der Waals surface area contributed by atoms with Crippen molar-refractivity contribution in [1.29, 1.82) is 0 Å². The zero-order chi connectivity index (χ0) is 20.0. The Bertz CT molecular complexity index is 842. The van der Waals surface area contributed by atoms with Gasteiger partial charge >= 0.3 is 0 Å². The third-order valence-electron chi connectivity index (χ3n) is 3.83. The summed E-state index contributed by atoms with van der Waals surface area (Å²) in [5, 5.41) is 2.36. The van der Waals surface area contributed by atoms with Gasteiger partial charge in [-0.2, -0.15) is 0 Å². The van der Waals surface area contributed by atoms with Gasteiger partial charge in [-0.1, -0.05) is 0 Å². The Morgan fingerprint density at radius 2 is 1.74 bits per heavy atom. The lowest BCUT2D eigenvalue weighted by Crippen LogP contribution is -2.32. The van der Waals surface area contributed by atoms with E-state index in [0.717, 1.165) is 12.1 Å². The van der Waals surface area contributed by atoms with Crippen LogP contribution in [-0.2, 0) is 9.59 Å². The molecule has 0 atom stereocenters. The number of benzene rings is 2. The fourth-order valence-corrected chi connectivity index (χ4v) is 2.48. The van der Waals surface area contributed by atoms with E-state index in [1.54, 1.807) is 18.2 Å². The Morgan fingerprint density at radius 1 is 1.04 bits per heavy atom. The highest BCUT2D eigenvalue weighted by atomic mass is 19.1. The maximum Gasteiger partial charge on any atom is 0.226 e. The Kier molecular flexibility index (Phi) is 6.70. The molecule has 2 aromatic rings.